The molecular weight excluding hydrogens is 334 g/mol. The Bertz CT molecular complexity index is 764. The van der Waals surface area contributed by atoms with Crippen molar-refractivity contribution in [1.82, 2.24) is 15.1 Å². The Hall–Kier alpha value is -2.57. The smallest absolute Gasteiger partial charge is 0.257 e. The van der Waals surface area contributed by atoms with Crippen molar-refractivity contribution >= 4 is 5.91 Å². The summed E-state index contributed by atoms with van der Waals surface area (Å²) in [5, 5.41) is 8.29. The Labute approximate surface area is 153 Å². The zero-order valence-corrected chi connectivity index (χ0v) is 15.7. The van der Waals surface area contributed by atoms with E-state index in [1.807, 2.05) is 18.7 Å². The van der Waals surface area contributed by atoms with E-state index in [1.54, 1.807) is 32.4 Å². The van der Waals surface area contributed by atoms with E-state index in [0.29, 0.717) is 41.9 Å². The molecular formula is C19H25N3O4. The molecule has 1 aliphatic heterocycles. The number of nitrogens with zero attached hydrogens (tertiary/aromatic N) is 3. The number of hydrogen-bond acceptors (Lipinski definition) is 6. The Balaban J connectivity index is 1.66. The molecule has 7 heteroatoms. The number of benzene rings is 1. The van der Waals surface area contributed by atoms with E-state index in [1.165, 1.54) is 0 Å². The lowest BCUT2D eigenvalue weighted by atomic mass is 9.96. The molecule has 7 nitrogen and oxygen atoms in total. The maximum Gasteiger partial charge on any atom is 0.257 e. The molecule has 1 aliphatic rings. The summed E-state index contributed by atoms with van der Waals surface area (Å²) in [6.07, 6.45) is 1.62. The zero-order valence-electron chi connectivity index (χ0n) is 15.7. The van der Waals surface area contributed by atoms with Crippen LogP contribution < -0.4 is 9.47 Å². The van der Waals surface area contributed by atoms with E-state index in [0.717, 1.165) is 12.8 Å². The van der Waals surface area contributed by atoms with E-state index in [-0.39, 0.29) is 17.7 Å². The fourth-order valence-corrected chi connectivity index (χ4v) is 3.12. The van der Waals surface area contributed by atoms with Crippen LogP contribution in [-0.2, 0) is 0 Å². The fourth-order valence-electron chi connectivity index (χ4n) is 3.12. The van der Waals surface area contributed by atoms with Crippen LogP contribution in [0, 0.1) is 0 Å². The lowest BCUT2D eigenvalue weighted by Gasteiger charge is -2.31. The maximum absolute atomic E-state index is 12.9. The molecule has 0 atom stereocenters. The molecule has 2 aromatic rings. The number of amides is 1. The molecule has 26 heavy (non-hydrogen) atoms. The summed E-state index contributed by atoms with van der Waals surface area (Å²) in [7, 11) is 3.14. The molecule has 140 valence electrons. The highest BCUT2D eigenvalue weighted by atomic mass is 16.5. The van der Waals surface area contributed by atoms with E-state index >= 15 is 0 Å². The summed E-state index contributed by atoms with van der Waals surface area (Å²) in [5.74, 6) is 2.93. The molecule has 0 radical (unpaired) electrons. The molecule has 1 aromatic heterocycles. The van der Waals surface area contributed by atoms with Crippen molar-refractivity contribution in [3.63, 3.8) is 0 Å². The molecule has 1 aromatic carbocycles. The molecule has 1 saturated heterocycles. The van der Waals surface area contributed by atoms with Gasteiger partial charge in [-0.05, 0) is 25.0 Å². The lowest BCUT2D eigenvalue weighted by molar-refractivity contribution is 0.0702. The van der Waals surface area contributed by atoms with Crippen molar-refractivity contribution in [2.24, 2.45) is 0 Å². The highest BCUT2D eigenvalue weighted by Crippen LogP contribution is 2.31. The number of carbonyl (C=O) groups excluding carboxylic acids is 1. The molecule has 3 rings (SSSR count). The van der Waals surface area contributed by atoms with Crippen LogP contribution in [0.2, 0.25) is 0 Å². The van der Waals surface area contributed by atoms with Crippen LogP contribution in [-0.4, -0.2) is 48.3 Å². The average Bonchev–Trinajstić information content (AvgIpc) is 3.17. The van der Waals surface area contributed by atoms with Crippen LogP contribution in [0.4, 0.5) is 0 Å². The van der Waals surface area contributed by atoms with Crippen molar-refractivity contribution < 1.29 is 18.7 Å². The Morgan fingerprint density at radius 2 is 1.92 bits per heavy atom. The average molecular weight is 359 g/mol. The summed E-state index contributed by atoms with van der Waals surface area (Å²) in [5.41, 5.74) is 0.548. The standard InChI is InChI=1S/C19H25N3O4/c1-12(2)17-20-21-18(26-17)13-7-9-22(10-8-13)19(23)15-6-5-14(24-3)11-16(15)25-4/h5-6,11-13H,7-10H2,1-4H3. The van der Waals surface area contributed by atoms with Crippen LogP contribution in [0.15, 0.2) is 22.6 Å². The number of rotatable bonds is 5. The number of piperidine rings is 1. The fraction of sp³-hybridized carbons (Fsp3) is 0.526. The third-order valence-electron chi connectivity index (χ3n) is 4.72. The van der Waals surface area contributed by atoms with E-state index in [4.69, 9.17) is 13.9 Å². The molecule has 0 aliphatic carbocycles. The SMILES string of the molecule is COc1ccc(C(=O)N2CCC(c3nnc(C(C)C)o3)CC2)c(OC)c1. The maximum atomic E-state index is 12.9. The summed E-state index contributed by atoms with van der Waals surface area (Å²) in [6.45, 7) is 5.36. The largest absolute Gasteiger partial charge is 0.497 e. The summed E-state index contributed by atoms with van der Waals surface area (Å²) >= 11 is 0. The second-order valence-corrected chi connectivity index (χ2v) is 6.77. The van der Waals surface area contributed by atoms with Gasteiger partial charge in [0.05, 0.1) is 19.8 Å². The minimum atomic E-state index is -0.0312. The molecule has 0 spiro atoms. The van der Waals surface area contributed by atoms with Gasteiger partial charge in [-0.3, -0.25) is 4.79 Å². The summed E-state index contributed by atoms with van der Waals surface area (Å²) in [6, 6.07) is 5.25. The topological polar surface area (TPSA) is 77.7 Å². The van der Waals surface area contributed by atoms with Crippen molar-refractivity contribution in [2.75, 3.05) is 27.3 Å². The number of ether oxygens (including phenoxy) is 2. The molecule has 0 N–H and O–H groups in total. The second kappa shape index (κ2) is 7.76. The van der Waals surface area contributed by atoms with Gasteiger partial charge in [0.2, 0.25) is 11.8 Å². The first-order chi connectivity index (χ1) is 12.5. The summed E-state index contributed by atoms with van der Waals surface area (Å²) in [4.78, 5) is 14.7. The first kappa shape index (κ1) is 18.2. The molecule has 0 unspecified atom stereocenters. The number of aromatic nitrogens is 2. The number of hydrogen-bond donors (Lipinski definition) is 0. The highest BCUT2D eigenvalue weighted by Gasteiger charge is 2.29. The van der Waals surface area contributed by atoms with Crippen molar-refractivity contribution in [1.29, 1.82) is 0 Å². The van der Waals surface area contributed by atoms with Crippen LogP contribution in [0.5, 0.6) is 11.5 Å². The molecule has 1 fully saturated rings. The van der Waals surface area contributed by atoms with E-state index in [2.05, 4.69) is 10.2 Å². The highest BCUT2D eigenvalue weighted by molar-refractivity contribution is 5.97. The number of methoxy groups -OCH3 is 2. The van der Waals surface area contributed by atoms with Gasteiger partial charge in [0.1, 0.15) is 11.5 Å². The van der Waals surface area contributed by atoms with Gasteiger partial charge in [-0.15, -0.1) is 10.2 Å². The van der Waals surface area contributed by atoms with Gasteiger partial charge < -0.3 is 18.8 Å². The zero-order chi connectivity index (χ0) is 18.7. The second-order valence-electron chi connectivity index (χ2n) is 6.77. The predicted octanol–water partition coefficient (Wildman–Crippen LogP) is 3.23. The minimum Gasteiger partial charge on any atom is -0.497 e. The Morgan fingerprint density at radius 1 is 1.19 bits per heavy atom. The van der Waals surface area contributed by atoms with Gasteiger partial charge in [0, 0.05) is 31.0 Å². The van der Waals surface area contributed by atoms with Gasteiger partial charge in [0.25, 0.3) is 5.91 Å². The Kier molecular flexibility index (Phi) is 5.44. The number of carbonyl (C=O) groups is 1. The van der Waals surface area contributed by atoms with Crippen LogP contribution in [0.1, 0.15) is 60.7 Å². The van der Waals surface area contributed by atoms with Crippen LogP contribution >= 0.6 is 0 Å². The quantitative estimate of drug-likeness (QED) is 0.816. The Morgan fingerprint density at radius 3 is 2.50 bits per heavy atom. The van der Waals surface area contributed by atoms with Gasteiger partial charge >= 0.3 is 0 Å². The van der Waals surface area contributed by atoms with Crippen LogP contribution in [0.3, 0.4) is 0 Å². The third kappa shape index (κ3) is 3.66. The molecule has 1 amide bonds. The third-order valence-corrected chi connectivity index (χ3v) is 4.72. The van der Waals surface area contributed by atoms with Gasteiger partial charge in [-0.2, -0.15) is 0 Å². The van der Waals surface area contributed by atoms with Gasteiger partial charge in [0.15, 0.2) is 0 Å². The normalized spacial score (nSPS) is 15.3. The van der Waals surface area contributed by atoms with Crippen LogP contribution in [0.25, 0.3) is 0 Å². The van der Waals surface area contributed by atoms with Gasteiger partial charge in [-0.25, -0.2) is 0 Å². The number of likely N-dealkylation sites (tertiary alicyclic amines) is 1. The first-order valence-electron chi connectivity index (χ1n) is 8.88. The predicted molar refractivity (Wildman–Crippen MR) is 95.8 cm³/mol. The molecule has 2 heterocycles. The van der Waals surface area contributed by atoms with Gasteiger partial charge in [-0.1, -0.05) is 13.8 Å². The van der Waals surface area contributed by atoms with E-state index < -0.39 is 0 Å². The monoisotopic (exact) mass is 359 g/mol. The van der Waals surface area contributed by atoms with Crippen molar-refractivity contribution in [2.45, 2.75) is 38.5 Å². The minimum absolute atomic E-state index is 0.0312. The summed E-state index contributed by atoms with van der Waals surface area (Å²) < 4.78 is 16.3. The van der Waals surface area contributed by atoms with Crippen molar-refractivity contribution in [3.8, 4) is 11.5 Å². The molecule has 0 saturated carbocycles. The van der Waals surface area contributed by atoms with Crippen molar-refractivity contribution in [3.05, 3.63) is 35.5 Å². The first-order valence-corrected chi connectivity index (χ1v) is 8.88. The lowest BCUT2D eigenvalue weighted by Crippen LogP contribution is -2.38. The van der Waals surface area contributed by atoms with E-state index in [9.17, 15) is 4.79 Å². The molecule has 0 bridgehead atoms.